The molecule has 1 aromatic carbocycles. The fourth-order valence-corrected chi connectivity index (χ4v) is 3.75. The van der Waals surface area contributed by atoms with Gasteiger partial charge in [0.2, 0.25) is 5.91 Å². The van der Waals surface area contributed by atoms with Crippen molar-refractivity contribution in [2.24, 2.45) is 17.5 Å². The van der Waals surface area contributed by atoms with E-state index in [0.29, 0.717) is 24.6 Å². The Hall–Kier alpha value is -2.56. The lowest BCUT2D eigenvalue weighted by molar-refractivity contribution is -0.137. The number of rotatable bonds is 6. The maximum absolute atomic E-state index is 12.4. The summed E-state index contributed by atoms with van der Waals surface area (Å²) in [6.07, 6.45) is 1.54. The molecule has 0 spiro atoms. The number of hydrogen-bond donors (Lipinski definition) is 3. The van der Waals surface area contributed by atoms with Crippen LogP contribution in [0.2, 0.25) is 0 Å². The molecule has 1 unspecified atom stereocenters. The number of carbonyl (C=O) groups excluding carboxylic acids is 1. The number of carbonyl (C=O) groups is 1. The van der Waals surface area contributed by atoms with E-state index < -0.39 is 11.7 Å². The first-order chi connectivity index (χ1) is 15.6. The van der Waals surface area contributed by atoms with Crippen LogP contribution in [-0.4, -0.2) is 55.0 Å². The van der Waals surface area contributed by atoms with Gasteiger partial charge in [0.1, 0.15) is 0 Å². The van der Waals surface area contributed by atoms with Crippen LogP contribution in [0.1, 0.15) is 30.4 Å². The highest BCUT2D eigenvalue weighted by Gasteiger charge is 2.30. The number of nitrogens with two attached hydrogens (primary N) is 2. The Morgan fingerprint density at radius 3 is 2.39 bits per heavy atom. The van der Waals surface area contributed by atoms with Gasteiger partial charge in [-0.25, -0.2) is 0 Å². The van der Waals surface area contributed by atoms with E-state index in [-0.39, 0.29) is 18.6 Å². The Bertz CT molecular complexity index is 790. The standard InChI is InChI=1S/C15H16F3NO2.C8H18N4/c1-2-14(20)19-8-7-13(9-19)21-10-11-3-5-12(6-4-11)15(16,17)18;1-12-4-2-7(3-5-12)8(9)6-11-10/h2-6,13H,1,7-10H2;6-7,11H,2-5,9-10H2,1H3/b;8-6-. The number of amides is 1. The minimum atomic E-state index is -4.32. The van der Waals surface area contributed by atoms with Crippen LogP contribution in [-0.2, 0) is 22.3 Å². The van der Waals surface area contributed by atoms with E-state index in [4.69, 9.17) is 16.3 Å². The molecule has 1 amide bonds. The summed E-state index contributed by atoms with van der Waals surface area (Å²) in [6, 6.07) is 4.90. The lowest BCUT2D eigenvalue weighted by Gasteiger charge is -2.29. The Balaban J connectivity index is 0.000000273. The minimum Gasteiger partial charge on any atom is -0.401 e. The molecule has 1 aromatic rings. The molecule has 0 radical (unpaired) electrons. The first kappa shape index (κ1) is 26.7. The van der Waals surface area contributed by atoms with Gasteiger partial charge in [-0.15, -0.1) is 0 Å². The van der Waals surface area contributed by atoms with Crippen molar-refractivity contribution in [2.75, 3.05) is 33.2 Å². The molecule has 184 valence electrons. The molecule has 2 fully saturated rings. The third-order valence-electron chi connectivity index (χ3n) is 5.84. The predicted molar refractivity (Wildman–Crippen MR) is 121 cm³/mol. The highest BCUT2D eigenvalue weighted by Crippen LogP contribution is 2.29. The summed E-state index contributed by atoms with van der Waals surface area (Å²) in [5.41, 5.74) is 9.17. The van der Waals surface area contributed by atoms with E-state index in [1.165, 1.54) is 18.2 Å². The van der Waals surface area contributed by atoms with Crippen molar-refractivity contribution in [1.29, 1.82) is 0 Å². The second-order valence-electron chi connectivity index (χ2n) is 8.29. The molecule has 5 N–H and O–H groups in total. The predicted octanol–water partition coefficient (Wildman–Crippen LogP) is 2.60. The van der Waals surface area contributed by atoms with E-state index in [9.17, 15) is 18.0 Å². The van der Waals surface area contributed by atoms with Gasteiger partial charge in [0.05, 0.1) is 18.3 Å². The number of ether oxygens (including phenoxy) is 1. The molecular formula is C23H34F3N5O2. The van der Waals surface area contributed by atoms with Crippen LogP contribution >= 0.6 is 0 Å². The van der Waals surface area contributed by atoms with Crippen molar-refractivity contribution in [2.45, 2.75) is 38.1 Å². The third kappa shape index (κ3) is 8.71. The number of hydrazine groups is 1. The zero-order valence-electron chi connectivity index (χ0n) is 19.0. The molecule has 3 rings (SSSR count). The zero-order chi connectivity index (χ0) is 24.4. The molecule has 2 heterocycles. The number of halogens is 3. The van der Waals surface area contributed by atoms with Gasteiger partial charge in [-0.2, -0.15) is 13.2 Å². The largest absolute Gasteiger partial charge is 0.416 e. The van der Waals surface area contributed by atoms with Crippen LogP contribution in [0.15, 0.2) is 48.8 Å². The molecular weight excluding hydrogens is 435 g/mol. The van der Waals surface area contributed by atoms with E-state index in [1.807, 2.05) is 0 Å². The molecule has 2 aliphatic heterocycles. The fraction of sp³-hybridized carbons (Fsp3) is 0.522. The molecule has 0 saturated carbocycles. The molecule has 1 atom stereocenters. The quantitative estimate of drug-likeness (QED) is 0.337. The lowest BCUT2D eigenvalue weighted by Crippen LogP contribution is -2.33. The van der Waals surface area contributed by atoms with E-state index in [2.05, 4.69) is 24.0 Å². The van der Waals surface area contributed by atoms with Crippen LogP contribution in [0.25, 0.3) is 0 Å². The first-order valence-electron chi connectivity index (χ1n) is 10.9. The van der Waals surface area contributed by atoms with Crippen molar-refractivity contribution >= 4 is 5.91 Å². The van der Waals surface area contributed by atoms with Gasteiger partial charge >= 0.3 is 6.18 Å². The third-order valence-corrected chi connectivity index (χ3v) is 5.84. The number of piperidine rings is 1. The van der Waals surface area contributed by atoms with Crippen molar-refractivity contribution in [3.05, 3.63) is 59.9 Å². The number of benzene rings is 1. The van der Waals surface area contributed by atoms with E-state index in [0.717, 1.165) is 50.2 Å². The average Bonchev–Trinajstić information content (AvgIpc) is 3.27. The SMILES string of the molecule is C=CC(=O)N1CCC(OCc2ccc(C(F)(F)F)cc2)C1.CN1CCC(/C(N)=C/NN)CC1. The van der Waals surface area contributed by atoms with Gasteiger partial charge in [0.15, 0.2) is 0 Å². The summed E-state index contributed by atoms with van der Waals surface area (Å²) in [5.74, 6) is 5.53. The summed E-state index contributed by atoms with van der Waals surface area (Å²) in [6.45, 7) is 7.03. The van der Waals surface area contributed by atoms with Crippen LogP contribution in [0.5, 0.6) is 0 Å². The van der Waals surface area contributed by atoms with E-state index >= 15 is 0 Å². The van der Waals surface area contributed by atoms with Gasteiger partial charge in [-0.1, -0.05) is 18.7 Å². The van der Waals surface area contributed by atoms with E-state index in [1.54, 1.807) is 11.1 Å². The van der Waals surface area contributed by atoms with Crippen LogP contribution < -0.4 is 17.0 Å². The smallest absolute Gasteiger partial charge is 0.401 e. The van der Waals surface area contributed by atoms with Crippen LogP contribution in [0.4, 0.5) is 13.2 Å². The van der Waals surface area contributed by atoms with Gasteiger partial charge < -0.3 is 25.7 Å². The summed E-state index contributed by atoms with van der Waals surface area (Å²) in [5, 5.41) is 0. The first-order valence-corrected chi connectivity index (χ1v) is 10.9. The van der Waals surface area contributed by atoms with Crippen LogP contribution in [0.3, 0.4) is 0 Å². The zero-order valence-corrected chi connectivity index (χ0v) is 19.0. The average molecular weight is 470 g/mol. The Morgan fingerprint density at radius 1 is 1.21 bits per heavy atom. The molecule has 0 bridgehead atoms. The molecule has 0 aromatic heterocycles. The number of hydrogen-bond acceptors (Lipinski definition) is 6. The summed E-state index contributed by atoms with van der Waals surface area (Å²) >= 11 is 0. The second-order valence-corrected chi connectivity index (χ2v) is 8.29. The van der Waals surface area contributed by atoms with Crippen molar-refractivity contribution in [3.8, 4) is 0 Å². The minimum absolute atomic E-state index is 0.0869. The monoisotopic (exact) mass is 469 g/mol. The Labute approximate surface area is 193 Å². The molecule has 33 heavy (non-hydrogen) atoms. The fourth-order valence-electron chi connectivity index (χ4n) is 3.75. The Kier molecular flexibility index (Phi) is 10.2. The topological polar surface area (TPSA) is 96.8 Å². The summed E-state index contributed by atoms with van der Waals surface area (Å²) < 4.78 is 42.9. The maximum atomic E-state index is 12.4. The Morgan fingerprint density at radius 2 is 1.85 bits per heavy atom. The molecule has 10 heteroatoms. The second kappa shape index (κ2) is 12.6. The highest BCUT2D eigenvalue weighted by molar-refractivity contribution is 5.87. The summed E-state index contributed by atoms with van der Waals surface area (Å²) in [7, 11) is 2.14. The number of allylic oxidation sites excluding steroid dienone is 1. The maximum Gasteiger partial charge on any atom is 0.416 e. The number of likely N-dealkylation sites (tertiary alicyclic amines) is 2. The van der Waals surface area contributed by atoms with Crippen LogP contribution in [0, 0.1) is 5.92 Å². The van der Waals surface area contributed by atoms with Gasteiger partial charge in [0, 0.05) is 30.9 Å². The van der Waals surface area contributed by atoms with Crippen molar-refractivity contribution in [3.63, 3.8) is 0 Å². The molecule has 2 saturated heterocycles. The number of nitrogens with zero attached hydrogens (tertiary/aromatic N) is 2. The molecule has 2 aliphatic rings. The molecule has 0 aliphatic carbocycles. The van der Waals surface area contributed by atoms with Gasteiger partial charge in [0.25, 0.3) is 0 Å². The lowest BCUT2D eigenvalue weighted by atomic mass is 9.94. The van der Waals surface area contributed by atoms with Gasteiger partial charge in [-0.05, 0) is 63.2 Å². The summed E-state index contributed by atoms with van der Waals surface area (Å²) in [4.78, 5) is 15.4. The molecule has 7 nitrogen and oxygen atoms in total. The van der Waals surface area contributed by atoms with Crippen molar-refractivity contribution in [1.82, 2.24) is 15.2 Å². The highest BCUT2D eigenvalue weighted by atomic mass is 19.4. The number of alkyl halides is 3. The normalized spacial score (nSPS) is 20.2. The van der Waals surface area contributed by atoms with Crippen molar-refractivity contribution < 1.29 is 22.7 Å². The van der Waals surface area contributed by atoms with Gasteiger partial charge in [-0.3, -0.25) is 10.6 Å². The number of nitrogens with one attached hydrogen (secondary N) is 1.